The molecule has 1 aromatic heterocycles. The molecule has 5 heteroatoms. The van der Waals surface area contributed by atoms with Crippen LogP contribution < -0.4 is 5.32 Å². The minimum absolute atomic E-state index is 0.228. The van der Waals surface area contributed by atoms with Crippen LogP contribution in [0.4, 0.5) is 4.39 Å². The number of nitrogens with zero attached hydrogens (tertiary/aromatic N) is 2. The molecule has 19 heavy (non-hydrogen) atoms. The lowest BCUT2D eigenvalue weighted by Crippen LogP contribution is -2.24. The summed E-state index contributed by atoms with van der Waals surface area (Å²) in [4.78, 5) is 8.01. The highest BCUT2D eigenvalue weighted by Crippen LogP contribution is 2.25. The van der Waals surface area contributed by atoms with Gasteiger partial charge in [-0.15, -0.1) is 0 Å². The molecular formula is C14H15BrFN3. The largest absolute Gasteiger partial charge is 0.306 e. The molecule has 1 N–H and O–H groups in total. The van der Waals surface area contributed by atoms with Gasteiger partial charge in [-0.3, -0.25) is 0 Å². The Morgan fingerprint density at radius 2 is 2.05 bits per heavy atom. The van der Waals surface area contributed by atoms with Crippen molar-refractivity contribution in [3.63, 3.8) is 0 Å². The maximum Gasteiger partial charge on any atom is 0.129 e. The highest BCUT2D eigenvalue weighted by atomic mass is 79.9. The molecule has 0 saturated carbocycles. The van der Waals surface area contributed by atoms with Crippen molar-refractivity contribution in [1.82, 2.24) is 15.3 Å². The quantitative estimate of drug-likeness (QED) is 0.915. The van der Waals surface area contributed by atoms with Gasteiger partial charge in [0.15, 0.2) is 0 Å². The van der Waals surface area contributed by atoms with E-state index < -0.39 is 0 Å². The molecule has 100 valence electrons. The van der Waals surface area contributed by atoms with Crippen molar-refractivity contribution in [2.45, 2.75) is 19.4 Å². The van der Waals surface area contributed by atoms with E-state index in [0.717, 1.165) is 23.0 Å². The highest BCUT2D eigenvalue weighted by molar-refractivity contribution is 9.10. The Morgan fingerprint density at radius 3 is 2.68 bits per heavy atom. The first-order valence-corrected chi connectivity index (χ1v) is 6.95. The van der Waals surface area contributed by atoms with Crippen LogP contribution in [0.5, 0.6) is 0 Å². The van der Waals surface area contributed by atoms with Crippen molar-refractivity contribution in [1.29, 1.82) is 0 Å². The first-order valence-electron chi connectivity index (χ1n) is 6.15. The summed E-state index contributed by atoms with van der Waals surface area (Å²) in [7, 11) is 0. The van der Waals surface area contributed by atoms with Crippen molar-refractivity contribution in [2.75, 3.05) is 6.54 Å². The molecule has 0 radical (unpaired) electrons. The number of halogens is 2. The summed E-state index contributed by atoms with van der Waals surface area (Å²) in [5.41, 5.74) is 1.46. The average Bonchev–Trinajstić information content (AvgIpc) is 2.42. The maximum atomic E-state index is 14.1. The zero-order valence-corrected chi connectivity index (χ0v) is 12.2. The number of benzene rings is 1. The molecular weight excluding hydrogens is 309 g/mol. The van der Waals surface area contributed by atoms with Crippen molar-refractivity contribution in [3.8, 4) is 0 Å². The van der Waals surface area contributed by atoms with Crippen molar-refractivity contribution >= 4 is 15.9 Å². The van der Waals surface area contributed by atoms with Gasteiger partial charge in [-0.25, -0.2) is 14.4 Å². The molecule has 0 amide bonds. The van der Waals surface area contributed by atoms with Crippen LogP contribution in [0.2, 0.25) is 0 Å². The summed E-state index contributed by atoms with van der Waals surface area (Å²) < 4.78 is 14.8. The lowest BCUT2D eigenvalue weighted by Gasteiger charge is -2.19. The fraction of sp³-hybridized carbons (Fsp3) is 0.286. The van der Waals surface area contributed by atoms with Crippen LogP contribution in [0.25, 0.3) is 0 Å². The summed E-state index contributed by atoms with van der Waals surface area (Å²) in [5, 5.41) is 3.33. The van der Waals surface area contributed by atoms with Gasteiger partial charge in [-0.05, 0) is 25.1 Å². The summed E-state index contributed by atoms with van der Waals surface area (Å²) in [6.07, 6.45) is 5.87. The van der Waals surface area contributed by atoms with Gasteiger partial charge in [0.05, 0.1) is 6.04 Å². The zero-order valence-electron chi connectivity index (χ0n) is 10.6. The Bertz CT molecular complexity index is 533. The second-order valence-corrected chi connectivity index (χ2v) is 5.14. The topological polar surface area (TPSA) is 37.8 Å². The lowest BCUT2D eigenvalue weighted by atomic mass is 10.0. The van der Waals surface area contributed by atoms with Crippen LogP contribution in [0.15, 0.2) is 41.4 Å². The van der Waals surface area contributed by atoms with E-state index in [1.165, 1.54) is 12.4 Å². The van der Waals surface area contributed by atoms with E-state index in [2.05, 4.69) is 38.1 Å². The van der Waals surface area contributed by atoms with Gasteiger partial charge in [0.2, 0.25) is 0 Å². The molecule has 0 spiro atoms. The van der Waals surface area contributed by atoms with E-state index in [4.69, 9.17) is 0 Å². The minimum Gasteiger partial charge on any atom is -0.306 e. The van der Waals surface area contributed by atoms with E-state index in [1.807, 2.05) is 6.07 Å². The van der Waals surface area contributed by atoms with Crippen molar-refractivity contribution in [3.05, 3.63) is 58.3 Å². The van der Waals surface area contributed by atoms with E-state index in [1.54, 1.807) is 18.5 Å². The first-order chi connectivity index (χ1) is 9.22. The van der Waals surface area contributed by atoms with Gasteiger partial charge in [0.1, 0.15) is 12.1 Å². The molecule has 2 rings (SSSR count). The fourth-order valence-electron chi connectivity index (χ4n) is 1.89. The van der Waals surface area contributed by atoms with Crippen LogP contribution in [0.1, 0.15) is 30.5 Å². The lowest BCUT2D eigenvalue weighted by molar-refractivity contribution is 0.544. The predicted octanol–water partition coefficient (Wildman–Crippen LogP) is 3.47. The third-order valence-electron chi connectivity index (χ3n) is 2.79. The van der Waals surface area contributed by atoms with Gasteiger partial charge >= 0.3 is 0 Å². The Labute approximate surface area is 120 Å². The summed E-state index contributed by atoms with van der Waals surface area (Å²) >= 11 is 3.27. The van der Waals surface area contributed by atoms with Gasteiger partial charge in [0, 0.05) is 28.0 Å². The molecule has 0 saturated heterocycles. The van der Waals surface area contributed by atoms with E-state index >= 15 is 0 Å². The molecule has 0 aliphatic rings. The number of aromatic nitrogens is 2. The van der Waals surface area contributed by atoms with Crippen LogP contribution in [0, 0.1) is 5.82 Å². The Morgan fingerprint density at radius 1 is 1.32 bits per heavy atom. The highest BCUT2D eigenvalue weighted by Gasteiger charge is 2.17. The van der Waals surface area contributed by atoms with E-state index in [0.29, 0.717) is 5.56 Å². The molecule has 2 aromatic rings. The second kappa shape index (κ2) is 6.73. The average molecular weight is 324 g/mol. The Hall–Kier alpha value is -1.33. The van der Waals surface area contributed by atoms with Crippen LogP contribution >= 0.6 is 15.9 Å². The molecule has 0 fully saturated rings. The summed E-state index contributed by atoms with van der Waals surface area (Å²) in [6, 6.07) is 4.86. The normalized spacial score (nSPS) is 12.4. The maximum absolute atomic E-state index is 14.1. The minimum atomic E-state index is -0.244. The SMILES string of the molecule is CCCNC(c1cncnc1)c1ccc(Br)cc1F. The molecule has 0 bridgehead atoms. The molecule has 1 heterocycles. The van der Waals surface area contributed by atoms with Crippen LogP contribution in [0.3, 0.4) is 0 Å². The first kappa shape index (κ1) is 14.1. The van der Waals surface area contributed by atoms with Crippen LogP contribution in [-0.2, 0) is 0 Å². The number of rotatable bonds is 5. The summed E-state index contributed by atoms with van der Waals surface area (Å²) in [5.74, 6) is -0.244. The number of hydrogen-bond donors (Lipinski definition) is 1. The standard InChI is InChI=1S/C14H15BrFN3/c1-2-5-19-14(10-7-17-9-18-8-10)12-4-3-11(15)6-13(12)16/h3-4,6-9,14,19H,2,5H2,1H3. The summed E-state index contributed by atoms with van der Waals surface area (Å²) in [6.45, 7) is 2.87. The number of hydrogen-bond acceptors (Lipinski definition) is 3. The van der Waals surface area contributed by atoms with E-state index in [-0.39, 0.29) is 11.9 Å². The van der Waals surface area contributed by atoms with Crippen molar-refractivity contribution < 1.29 is 4.39 Å². The third kappa shape index (κ3) is 3.58. The van der Waals surface area contributed by atoms with Gasteiger partial charge < -0.3 is 5.32 Å². The molecule has 1 aromatic carbocycles. The fourth-order valence-corrected chi connectivity index (χ4v) is 2.22. The van der Waals surface area contributed by atoms with E-state index in [9.17, 15) is 4.39 Å². The van der Waals surface area contributed by atoms with Gasteiger partial charge in [0.25, 0.3) is 0 Å². The molecule has 1 atom stereocenters. The molecule has 3 nitrogen and oxygen atoms in total. The molecule has 1 unspecified atom stereocenters. The number of nitrogens with one attached hydrogen (secondary N) is 1. The second-order valence-electron chi connectivity index (χ2n) is 4.22. The monoisotopic (exact) mass is 323 g/mol. The van der Waals surface area contributed by atoms with Crippen LogP contribution in [-0.4, -0.2) is 16.5 Å². The Kier molecular flexibility index (Phi) is 4.99. The zero-order chi connectivity index (χ0) is 13.7. The van der Waals surface area contributed by atoms with Gasteiger partial charge in [-0.1, -0.05) is 28.9 Å². The van der Waals surface area contributed by atoms with Gasteiger partial charge in [-0.2, -0.15) is 0 Å². The van der Waals surface area contributed by atoms with Crippen molar-refractivity contribution in [2.24, 2.45) is 0 Å². The molecule has 0 aliphatic carbocycles. The molecule has 0 aliphatic heterocycles. The third-order valence-corrected chi connectivity index (χ3v) is 3.28. The smallest absolute Gasteiger partial charge is 0.129 e. The predicted molar refractivity (Wildman–Crippen MR) is 76.3 cm³/mol. The Balaban J connectivity index is 2.37.